The molecule has 120 valence electrons. The van der Waals surface area contributed by atoms with Crippen LogP contribution in [0.15, 0.2) is 24.4 Å². The first-order valence-electron chi connectivity index (χ1n) is 6.91. The fourth-order valence-electron chi connectivity index (χ4n) is 2.33. The van der Waals surface area contributed by atoms with E-state index in [0.29, 0.717) is 17.8 Å². The summed E-state index contributed by atoms with van der Waals surface area (Å²) in [5, 5.41) is 6.59. The van der Waals surface area contributed by atoms with E-state index in [1.165, 1.54) is 12.1 Å². The molecule has 0 fully saturated rings. The van der Waals surface area contributed by atoms with Crippen LogP contribution in [-0.2, 0) is 12.7 Å². The van der Waals surface area contributed by atoms with Crippen molar-refractivity contribution in [3.8, 4) is 11.3 Å². The number of hydrogen-bond donors (Lipinski definition) is 1. The van der Waals surface area contributed by atoms with Crippen LogP contribution in [0.4, 0.5) is 13.2 Å². The first kappa shape index (κ1) is 16.8. The van der Waals surface area contributed by atoms with Crippen LogP contribution < -0.4 is 0 Å². The topological polar surface area (TPSA) is 31.9 Å². The first-order chi connectivity index (χ1) is 10.3. The van der Waals surface area contributed by atoms with E-state index in [4.69, 9.17) is 11.6 Å². The van der Waals surface area contributed by atoms with Crippen molar-refractivity contribution < 1.29 is 13.2 Å². The molecule has 1 N–H and O–H groups in total. The van der Waals surface area contributed by atoms with E-state index in [2.05, 4.69) is 22.0 Å². The molecule has 0 spiro atoms. The number of aromatic amines is 1. The predicted molar refractivity (Wildman–Crippen MR) is 80.7 cm³/mol. The highest BCUT2D eigenvalue weighted by molar-refractivity contribution is 6.31. The highest BCUT2D eigenvalue weighted by Crippen LogP contribution is 2.37. The summed E-state index contributed by atoms with van der Waals surface area (Å²) in [7, 11) is 1.99. The average Bonchev–Trinajstić information content (AvgIpc) is 2.85. The number of benzene rings is 1. The molecule has 0 aliphatic rings. The Hall–Kier alpha value is -1.53. The maximum atomic E-state index is 12.7. The molecule has 1 aromatic carbocycles. The number of hydrogen-bond acceptors (Lipinski definition) is 2. The van der Waals surface area contributed by atoms with Crippen LogP contribution in [-0.4, -0.2) is 28.7 Å². The minimum Gasteiger partial charge on any atom is -0.302 e. The van der Waals surface area contributed by atoms with Crippen molar-refractivity contribution in [3.63, 3.8) is 0 Å². The molecule has 1 heterocycles. The Balaban J connectivity index is 2.30. The highest BCUT2D eigenvalue weighted by atomic mass is 35.5. The van der Waals surface area contributed by atoms with Crippen LogP contribution in [0.25, 0.3) is 11.3 Å². The quantitative estimate of drug-likeness (QED) is 0.869. The van der Waals surface area contributed by atoms with E-state index in [1.54, 1.807) is 6.20 Å². The number of aromatic nitrogens is 2. The van der Waals surface area contributed by atoms with Gasteiger partial charge in [-0.2, -0.15) is 18.3 Å². The average molecular weight is 332 g/mol. The Morgan fingerprint density at radius 3 is 2.64 bits per heavy atom. The van der Waals surface area contributed by atoms with E-state index < -0.39 is 11.7 Å². The molecule has 0 saturated heterocycles. The van der Waals surface area contributed by atoms with Crippen molar-refractivity contribution in [1.29, 1.82) is 0 Å². The van der Waals surface area contributed by atoms with E-state index in [-0.39, 0.29) is 5.02 Å². The lowest BCUT2D eigenvalue weighted by atomic mass is 10.1. The Morgan fingerprint density at radius 1 is 1.32 bits per heavy atom. The summed E-state index contributed by atoms with van der Waals surface area (Å²) >= 11 is 5.77. The Morgan fingerprint density at radius 2 is 2.05 bits per heavy atom. The van der Waals surface area contributed by atoms with Gasteiger partial charge in [0.25, 0.3) is 0 Å². The zero-order chi connectivity index (χ0) is 16.3. The van der Waals surface area contributed by atoms with Crippen molar-refractivity contribution in [1.82, 2.24) is 15.1 Å². The number of halogens is 4. The molecule has 0 aliphatic carbocycles. The minimum absolute atomic E-state index is 0.319. The maximum absolute atomic E-state index is 12.7. The molecule has 0 saturated carbocycles. The lowest BCUT2D eigenvalue weighted by Crippen LogP contribution is -2.18. The molecule has 2 rings (SSSR count). The molecule has 7 heteroatoms. The second kappa shape index (κ2) is 6.71. The van der Waals surface area contributed by atoms with Crippen LogP contribution >= 0.6 is 11.6 Å². The molecule has 0 aliphatic heterocycles. The molecule has 0 radical (unpaired) electrons. The lowest BCUT2D eigenvalue weighted by Gasteiger charge is -2.15. The lowest BCUT2D eigenvalue weighted by molar-refractivity contribution is -0.137. The third-order valence-corrected chi connectivity index (χ3v) is 3.63. The maximum Gasteiger partial charge on any atom is 0.417 e. The molecular formula is C15H17ClF3N3. The van der Waals surface area contributed by atoms with Gasteiger partial charge in [0.05, 0.1) is 16.3 Å². The molecule has 0 atom stereocenters. The minimum atomic E-state index is -4.45. The number of nitrogens with one attached hydrogen (secondary N) is 1. The van der Waals surface area contributed by atoms with Gasteiger partial charge >= 0.3 is 6.18 Å². The monoisotopic (exact) mass is 331 g/mol. The van der Waals surface area contributed by atoms with E-state index in [9.17, 15) is 13.2 Å². The third kappa shape index (κ3) is 3.81. The summed E-state index contributed by atoms with van der Waals surface area (Å²) in [5.74, 6) is 0. The summed E-state index contributed by atoms with van der Waals surface area (Å²) < 4.78 is 38.2. The number of alkyl halides is 3. The summed E-state index contributed by atoms with van der Waals surface area (Å²) in [5.41, 5.74) is 1.28. The van der Waals surface area contributed by atoms with Crippen molar-refractivity contribution in [2.75, 3.05) is 13.6 Å². The largest absolute Gasteiger partial charge is 0.417 e. The van der Waals surface area contributed by atoms with Gasteiger partial charge in [0, 0.05) is 23.9 Å². The van der Waals surface area contributed by atoms with Crippen molar-refractivity contribution in [2.45, 2.75) is 26.1 Å². The molecular weight excluding hydrogens is 315 g/mol. The van der Waals surface area contributed by atoms with Crippen LogP contribution in [0.2, 0.25) is 5.02 Å². The fraction of sp³-hybridized carbons (Fsp3) is 0.400. The molecule has 0 amide bonds. The van der Waals surface area contributed by atoms with Gasteiger partial charge in [0.15, 0.2) is 0 Å². The Kier molecular flexibility index (Phi) is 5.13. The summed E-state index contributed by atoms with van der Waals surface area (Å²) in [6.45, 7) is 3.68. The van der Waals surface area contributed by atoms with Crippen LogP contribution in [0.5, 0.6) is 0 Å². The first-order valence-corrected chi connectivity index (χ1v) is 7.29. The van der Waals surface area contributed by atoms with Crippen LogP contribution in [0, 0.1) is 0 Å². The predicted octanol–water partition coefficient (Wildman–Crippen LogP) is 4.59. The smallest absolute Gasteiger partial charge is 0.302 e. The molecule has 3 nitrogen and oxygen atoms in total. The van der Waals surface area contributed by atoms with Crippen LogP contribution in [0.1, 0.15) is 24.5 Å². The van der Waals surface area contributed by atoms with E-state index >= 15 is 0 Å². The Bertz CT molecular complexity index is 637. The zero-order valence-electron chi connectivity index (χ0n) is 12.3. The van der Waals surface area contributed by atoms with E-state index in [0.717, 1.165) is 24.6 Å². The SMILES string of the molecule is CCCN(C)Cc1c[nH]nc1-c1ccc(C(F)(F)F)c(Cl)c1. The van der Waals surface area contributed by atoms with E-state index in [1.807, 2.05) is 7.05 Å². The second-order valence-corrected chi connectivity index (χ2v) is 5.60. The molecule has 22 heavy (non-hydrogen) atoms. The number of nitrogens with zero attached hydrogens (tertiary/aromatic N) is 2. The van der Waals surface area contributed by atoms with Gasteiger partial charge in [-0.25, -0.2) is 0 Å². The van der Waals surface area contributed by atoms with Crippen molar-refractivity contribution >= 4 is 11.6 Å². The summed E-state index contributed by atoms with van der Waals surface area (Å²) in [6, 6.07) is 3.70. The van der Waals surface area contributed by atoms with Gasteiger partial charge in [-0.3, -0.25) is 5.10 Å². The highest BCUT2D eigenvalue weighted by Gasteiger charge is 2.33. The van der Waals surface area contributed by atoms with Gasteiger partial charge in [-0.1, -0.05) is 24.6 Å². The second-order valence-electron chi connectivity index (χ2n) is 5.19. The van der Waals surface area contributed by atoms with Gasteiger partial charge in [-0.05, 0) is 32.1 Å². The molecule has 0 unspecified atom stereocenters. The van der Waals surface area contributed by atoms with Crippen molar-refractivity contribution in [3.05, 3.63) is 40.5 Å². The van der Waals surface area contributed by atoms with Crippen LogP contribution in [0.3, 0.4) is 0 Å². The third-order valence-electron chi connectivity index (χ3n) is 3.31. The molecule has 1 aromatic heterocycles. The van der Waals surface area contributed by atoms with Crippen molar-refractivity contribution in [2.24, 2.45) is 0 Å². The molecule has 2 aromatic rings. The van der Waals surface area contributed by atoms with Gasteiger partial charge < -0.3 is 4.90 Å². The van der Waals surface area contributed by atoms with Gasteiger partial charge in [-0.15, -0.1) is 0 Å². The standard InChI is InChI=1S/C15H17ClF3N3/c1-3-6-22(2)9-11-8-20-21-14(11)10-4-5-12(13(16)7-10)15(17,18)19/h4-5,7-8H,3,6,9H2,1-2H3,(H,20,21). The Labute approximate surface area is 132 Å². The summed E-state index contributed by atoms with van der Waals surface area (Å²) in [4.78, 5) is 2.13. The van der Waals surface area contributed by atoms with Gasteiger partial charge in [0.1, 0.15) is 0 Å². The molecule has 0 bridgehead atoms. The fourth-order valence-corrected chi connectivity index (χ4v) is 2.62. The number of H-pyrrole nitrogens is 1. The number of rotatable bonds is 5. The normalized spacial score (nSPS) is 12.1. The summed E-state index contributed by atoms with van der Waals surface area (Å²) in [6.07, 6.45) is -1.67. The van der Waals surface area contributed by atoms with Gasteiger partial charge in [0.2, 0.25) is 0 Å². The zero-order valence-corrected chi connectivity index (χ0v) is 13.1.